The molecule has 1 amide bonds. The van der Waals surface area contributed by atoms with Crippen LogP contribution in [0.25, 0.3) is 0 Å². The van der Waals surface area contributed by atoms with Gasteiger partial charge in [-0.3, -0.25) is 9.59 Å². The Morgan fingerprint density at radius 2 is 1.68 bits per heavy atom. The standard InChI is InChI=1S/C37H53NO6/c1-21-18-24(29(43-22(2)39)32(42)38-19-23-10-8-7-9-11-23)44-30-28(21)34(5)16-17-37-20-36(37)15-14-27(40)33(3,4)25(36)12-13-26(37)35(34,6)31(30)41/h7-11,21,24-31,40-41H,12-20H2,1-6H3,(H,38,42)/t21-,24?,25?,26?,27+,28+,29+,30?,31+,34-,35-,36-,37?/m1/s1. The Hall–Kier alpha value is -1.96. The molecule has 6 aliphatic rings. The summed E-state index contributed by atoms with van der Waals surface area (Å²) in [5.74, 6) is 0.426. The van der Waals surface area contributed by atoms with Crippen LogP contribution in [0.4, 0.5) is 0 Å². The number of aliphatic hydroxyl groups is 2. The summed E-state index contributed by atoms with van der Waals surface area (Å²) in [4.78, 5) is 25.7. The minimum absolute atomic E-state index is 0.0751. The van der Waals surface area contributed by atoms with E-state index < -0.39 is 30.4 Å². The van der Waals surface area contributed by atoms with Gasteiger partial charge in [0, 0.05) is 18.9 Å². The van der Waals surface area contributed by atoms with Gasteiger partial charge in [-0.05, 0) is 102 Å². The average molecular weight is 608 g/mol. The quantitative estimate of drug-likeness (QED) is 0.387. The summed E-state index contributed by atoms with van der Waals surface area (Å²) in [5.41, 5.74) is 0.997. The first-order valence-corrected chi connectivity index (χ1v) is 17.2. The number of aliphatic hydroxyl groups excluding tert-OH is 2. The molecule has 0 bridgehead atoms. The first-order chi connectivity index (χ1) is 20.7. The van der Waals surface area contributed by atoms with Crippen LogP contribution in [0.5, 0.6) is 0 Å². The molecule has 5 unspecified atom stereocenters. The molecule has 6 fully saturated rings. The van der Waals surface area contributed by atoms with Gasteiger partial charge in [0.15, 0.2) is 0 Å². The zero-order valence-corrected chi connectivity index (χ0v) is 27.5. The van der Waals surface area contributed by atoms with Crippen molar-refractivity contribution in [2.45, 2.75) is 130 Å². The largest absolute Gasteiger partial charge is 0.450 e. The second kappa shape index (κ2) is 10.0. The second-order valence-electron chi connectivity index (χ2n) is 16.8. The summed E-state index contributed by atoms with van der Waals surface area (Å²) < 4.78 is 12.5. The van der Waals surface area contributed by atoms with E-state index >= 15 is 0 Å². The highest BCUT2D eigenvalue weighted by Crippen LogP contribution is 2.89. The molecular formula is C37H53NO6. The maximum atomic E-state index is 13.5. The number of hydrogen-bond acceptors (Lipinski definition) is 6. The Morgan fingerprint density at radius 1 is 1.00 bits per heavy atom. The van der Waals surface area contributed by atoms with Gasteiger partial charge in [-0.2, -0.15) is 0 Å². The van der Waals surface area contributed by atoms with E-state index in [1.54, 1.807) is 0 Å². The fourth-order valence-electron chi connectivity index (χ4n) is 12.9. The Bertz CT molecular complexity index is 1320. The van der Waals surface area contributed by atoms with E-state index in [0.717, 1.165) is 37.7 Å². The Morgan fingerprint density at radius 3 is 2.39 bits per heavy atom. The van der Waals surface area contributed by atoms with Gasteiger partial charge in [0.1, 0.15) is 6.10 Å². The maximum absolute atomic E-state index is 13.5. The second-order valence-corrected chi connectivity index (χ2v) is 16.8. The van der Waals surface area contributed by atoms with Crippen LogP contribution < -0.4 is 5.32 Å². The molecule has 5 aliphatic carbocycles. The van der Waals surface area contributed by atoms with E-state index in [2.05, 4.69) is 39.9 Å². The number of hydrogen-bond donors (Lipinski definition) is 3. The number of rotatable bonds is 5. The third-order valence-corrected chi connectivity index (χ3v) is 15.0. The Balaban J connectivity index is 1.16. The highest BCUT2D eigenvalue weighted by atomic mass is 16.6. The van der Waals surface area contributed by atoms with Gasteiger partial charge >= 0.3 is 5.97 Å². The fourth-order valence-corrected chi connectivity index (χ4v) is 12.9. The first-order valence-electron chi connectivity index (χ1n) is 17.2. The molecular weight excluding hydrogens is 554 g/mol. The summed E-state index contributed by atoms with van der Waals surface area (Å²) in [6.45, 7) is 13.3. The molecule has 13 atom stereocenters. The SMILES string of the molecule is CC(=O)O[C@H](C(=O)NCc1ccccc1)C1C[C@@H](C)[C@H]2C(O1)[C@H](O)[C@@]1(C)C3CCC4C(C)(C)[C@@H](O)CC[C@@]45CC35CC[C@]21C. The van der Waals surface area contributed by atoms with Crippen LogP contribution in [0, 0.1) is 50.7 Å². The van der Waals surface area contributed by atoms with Crippen LogP contribution in [-0.2, 0) is 25.6 Å². The zero-order valence-electron chi connectivity index (χ0n) is 27.5. The minimum atomic E-state index is -1.07. The van der Waals surface area contributed by atoms with Gasteiger partial charge < -0.3 is 25.0 Å². The van der Waals surface area contributed by atoms with Gasteiger partial charge in [-0.15, -0.1) is 0 Å². The van der Waals surface area contributed by atoms with Crippen LogP contribution in [0.2, 0.25) is 0 Å². The topological polar surface area (TPSA) is 105 Å². The molecule has 3 N–H and O–H groups in total. The number of benzene rings is 1. The zero-order chi connectivity index (χ0) is 31.4. The van der Waals surface area contributed by atoms with Gasteiger partial charge in [0.05, 0.1) is 18.3 Å². The number of amides is 1. The predicted octanol–water partition coefficient (Wildman–Crippen LogP) is 5.41. The number of carbonyl (C=O) groups excluding carboxylic acids is 2. The van der Waals surface area contributed by atoms with E-state index in [0.29, 0.717) is 24.8 Å². The molecule has 1 aromatic rings. The predicted molar refractivity (Wildman–Crippen MR) is 166 cm³/mol. The van der Waals surface area contributed by atoms with Crippen molar-refractivity contribution in [3.8, 4) is 0 Å². The first kappa shape index (κ1) is 30.7. The number of carbonyl (C=O) groups is 2. The smallest absolute Gasteiger partial charge is 0.303 e. The molecule has 7 nitrogen and oxygen atoms in total. The summed E-state index contributed by atoms with van der Waals surface area (Å²) in [6.07, 6.45) is 5.27. The van der Waals surface area contributed by atoms with Crippen molar-refractivity contribution >= 4 is 11.9 Å². The molecule has 0 radical (unpaired) electrons. The van der Waals surface area contributed by atoms with E-state index in [9.17, 15) is 19.8 Å². The molecule has 1 saturated heterocycles. The molecule has 2 spiro atoms. The van der Waals surface area contributed by atoms with Crippen molar-refractivity contribution < 1.29 is 29.3 Å². The molecule has 1 aliphatic heterocycles. The Labute approximate surface area is 262 Å². The minimum Gasteiger partial charge on any atom is -0.450 e. The van der Waals surface area contributed by atoms with Crippen LogP contribution in [0.3, 0.4) is 0 Å². The van der Waals surface area contributed by atoms with E-state index in [1.807, 2.05) is 30.3 Å². The average Bonchev–Trinajstić information content (AvgIpc) is 3.62. The van der Waals surface area contributed by atoms with Crippen LogP contribution in [-0.4, -0.2) is 52.6 Å². The lowest BCUT2D eigenvalue weighted by atomic mass is 9.41. The van der Waals surface area contributed by atoms with Crippen molar-refractivity contribution in [1.29, 1.82) is 0 Å². The van der Waals surface area contributed by atoms with Crippen molar-refractivity contribution in [2.75, 3.05) is 0 Å². The molecule has 1 heterocycles. The summed E-state index contributed by atoms with van der Waals surface area (Å²) in [5, 5.41) is 26.4. The van der Waals surface area contributed by atoms with Gasteiger partial charge in [0.2, 0.25) is 6.10 Å². The number of ether oxygens (including phenoxy) is 2. The van der Waals surface area contributed by atoms with Crippen LogP contribution >= 0.6 is 0 Å². The third kappa shape index (κ3) is 3.90. The molecule has 5 saturated carbocycles. The van der Waals surface area contributed by atoms with Gasteiger partial charge in [-0.25, -0.2) is 0 Å². The normalized spacial score (nSPS) is 48.8. The molecule has 0 aromatic heterocycles. The van der Waals surface area contributed by atoms with Crippen molar-refractivity contribution in [3.05, 3.63) is 35.9 Å². The highest BCUT2D eigenvalue weighted by molar-refractivity contribution is 5.84. The third-order valence-electron chi connectivity index (χ3n) is 15.0. The van der Waals surface area contributed by atoms with Gasteiger partial charge in [0.25, 0.3) is 5.91 Å². The highest BCUT2D eigenvalue weighted by Gasteiger charge is 2.84. The summed E-state index contributed by atoms with van der Waals surface area (Å²) in [6, 6.07) is 9.69. The number of nitrogens with one attached hydrogen (secondary N) is 1. The lowest BCUT2D eigenvalue weighted by Crippen LogP contribution is -2.59. The monoisotopic (exact) mass is 607 g/mol. The molecule has 7 heteroatoms. The number of esters is 1. The fraction of sp³-hybridized carbons (Fsp3) is 0.784. The Kier molecular flexibility index (Phi) is 6.99. The van der Waals surface area contributed by atoms with E-state index in [-0.39, 0.29) is 50.9 Å². The lowest BCUT2D eigenvalue weighted by molar-refractivity contribution is -0.192. The van der Waals surface area contributed by atoms with Crippen molar-refractivity contribution in [3.63, 3.8) is 0 Å². The molecule has 44 heavy (non-hydrogen) atoms. The van der Waals surface area contributed by atoms with E-state index in [4.69, 9.17) is 9.47 Å². The molecule has 242 valence electrons. The van der Waals surface area contributed by atoms with Crippen LogP contribution in [0.1, 0.15) is 98.5 Å². The molecule has 7 rings (SSSR count). The summed E-state index contributed by atoms with van der Waals surface area (Å²) >= 11 is 0. The van der Waals surface area contributed by atoms with Crippen molar-refractivity contribution in [1.82, 2.24) is 5.32 Å². The lowest BCUT2D eigenvalue weighted by Gasteiger charge is -2.63. The number of fused-ring (bicyclic) bond motifs is 4. The van der Waals surface area contributed by atoms with Crippen LogP contribution in [0.15, 0.2) is 30.3 Å². The van der Waals surface area contributed by atoms with Gasteiger partial charge in [-0.1, -0.05) is 65.0 Å². The maximum Gasteiger partial charge on any atom is 0.303 e. The summed E-state index contributed by atoms with van der Waals surface area (Å²) in [7, 11) is 0. The van der Waals surface area contributed by atoms with E-state index in [1.165, 1.54) is 19.8 Å². The van der Waals surface area contributed by atoms with Crippen molar-refractivity contribution in [2.24, 2.45) is 50.7 Å². The molecule has 1 aromatic carbocycles.